The quantitative estimate of drug-likeness (QED) is 0.598. The molecule has 0 aliphatic rings. The number of anilines is 1. The number of rotatable bonds is 6. The van der Waals surface area contributed by atoms with Crippen LogP contribution in [-0.2, 0) is 4.79 Å². The number of likely N-dealkylation sites (N-methyl/N-ethyl adjacent to an activating group) is 1. The van der Waals surface area contributed by atoms with Gasteiger partial charge in [-0.15, -0.1) is 0 Å². The summed E-state index contributed by atoms with van der Waals surface area (Å²) in [6.45, 7) is 7.71. The molecule has 0 atom stereocenters. The second-order valence-electron chi connectivity index (χ2n) is 8.41. The van der Waals surface area contributed by atoms with Gasteiger partial charge in [0.05, 0.1) is 11.4 Å². The van der Waals surface area contributed by atoms with Crippen molar-refractivity contribution in [3.8, 4) is 16.9 Å². The van der Waals surface area contributed by atoms with Crippen LogP contribution >= 0.6 is 0 Å². The minimum atomic E-state index is -0.410. The van der Waals surface area contributed by atoms with Gasteiger partial charge in [-0.1, -0.05) is 30.3 Å². The molecule has 3 aromatic rings. The van der Waals surface area contributed by atoms with Gasteiger partial charge in [0.2, 0.25) is 5.91 Å². The molecule has 1 heterocycles. The Bertz CT molecular complexity index is 1070. The molecule has 0 saturated heterocycles. The fourth-order valence-electron chi connectivity index (χ4n) is 3.08. The van der Waals surface area contributed by atoms with Crippen molar-refractivity contribution in [3.63, 3.8) is 0 Å². The first-order valence-corrected chi connectivity index (χ1v) is 10.4. The Kier molecular flexibility index (Phi) is 6.92. The summed E-state index contributed by atoms with van der Waals surface area (Å²) in [5.41, 5.74) is 1.72. The lowest BCUT2D eigenvalue weighted by molar-refractivity contribution is -0.116. The number of benzene rings is 2. The van der Waals surface area contributed by atoms with Crippen LogP contribution in [0.4, 0.5) is 15.0 Å². The zero-order chi connectivity index (χ0) is 23.3. The zero-order valence-electron chi connectivity index (χ0n) is 18.7. The fourth-order valence-corrected chi connectivity index (χ4v) is 3.08. The Morgan fingerprint density at radius 1 is 1.06 bits per heavy atom. The van der Waals surface area contributed by atoms with Gasteiger partial charge < -0.3 is 15.5 Å². The lowest BCUT2D eigenvalue weighted by Crippen LogP contribution is -2.50. The van der Waals surface area contributed by atoms with Gasteiger partial charge in [0.1, 0.15) is 18.2 Å². The van der Waals surface area contributed by atoms with E-state index in [4.69, 9.17) is 0 Å². The van der Waals surface area contributed by atoms with E-state index in [1.54, 1.807) is 22.9 Å². The highest BCUT2D eigenvalue weighted by Crippen LogP contribution is 2.25. The van der Waals surface area contributed by atoms with Crippen LogP contribution in [0.2, 0.25) is 0 Å². The van der Waals surface area contributed by atoms with Crippen LogP contribution in [0.25, 0.3) is 16.9 Å². The van der Waals surface area contributed by atoms with Crippen LogP contribution in [-0.4, -0.2) is 45.2 Å². The molecule has 0 aliphatic heterocycles. The molecule has 2 aromatic carbocycles. The van der Waals surface area contributed by atoms with Crippen LogP contribution in [0, 0.1) is 5.82 Å². The van der Waals surface area contributed by atoms with Gasteiger partial charge in [0.25, 0.3) is 0 Å². The summed E-state index contributed by atoms with van der Waals surface area (Å²) in [7, 11) is 0. The Balaban J connectivity index is 1.85. The van der Waals surface area contributed by atoms with E-state index in [0.717, 1.165) is 5.56 Å². The number of amides is 3. The predicted octanol–water partition coefficient (Wildman–Crippen LogP) is 4.45. The monoisotopic (exact) mass is 437 g/mol. The van der Waals surface area contributed by atoms with Gasteiger partial charge in [-0.3, -0.25) is 4.79 Å². The standard InChI is InChI=1S/C24H28FN5O2/c1-5-29(23(32)27-24(2,3)4)16-22(31)26-21-15-20(17-9-7-6-8-10-17)28-30(21)19-13-11-18(25)12-14-19/h6-15H,5,16H2,1-4H3,(H,26,31)(H,27,32). The number of urea groups is 1. The molecule has 3 rings (SSSR count). The fraction of sp³-hybridized carbons (Fsp3) is 0.292. The molecule has 0 radical (unpaired) electrons. The van der Waals surface area contributed by atoms with Gasteiger partial charge >= 0.3 is 6.03 Å². The topological polar surface area (TPSA) is 79.3 Å². The summed E-state index contributed by atoms with van der Waals surface area (Å²) in [6, 6.07) is 16.8. The highest BCUT2D eigenvalue weighted by molar-refractivity contribution is 5.94. The summed E-state index contributed by atoms with van der Waals surface area (Å²) in [5, 5.41) is 10.3. The van der Waals surface area contributed by atoms with E-state index < -0.39 is 5.54 Å². The summed E-state index contributed by atoms with van der Waals surface area (Å²) in [6.07, 6.45) is 0. The normalized spacial score (nSPS) is 11.2. The number of aromatic nitrogens is 2. The molecular weight excluding hydrogens is 409 g/mol. The SMILES string of the molecule is CCN(CC(=O)Nc1cc(-c2ccccc2)nn1-c1ccc(F)cc1)C(=O)NC(C)(C)C. The van der Waals surface area contributed by atoms with E-state index in [1.807, 2.05) is 58.0 Å². The third kappa shape index (κ3) is 5.94. The Morgan fingerprint density at radius 3 is 2.31 bits per heavy atom. The average Bonchev–Trinajstić information content (AvgIpc) is 3.15. The minimum Gasteiger partial charge on any atom is -0.333 e. The van der Waals surface area contributed by atoms with Crippen molar-refractivity contribution < 1.29 is 14.0 Å². The number of hydrogen-bond donors (Lipinski definition) is 2. The molecule has 0 spiro atoms. The number of halogens is 1. The Morgan fingerprint density at radius 2 is 1.72 bits per heavy atom. The third-order valence-electron chi connectivity index (χ3n) is 4.60. The number of nitrogens with zero attached hydrogens (tertiary/aromatic N) is 3. The van der Waals surface area contributed by atoms with E-state index in [1.165, 1.54) is 17.0 Å². The van der Waals surface area contributed by atoms with Gasteiger partial charge in [0, 0.05) is 23.7 Å². The maximum absolute atomic E-state index is 13.4. The van der Waals surface area contributed by atoms with Gasteiger partial charge in [-0.25, -0.2) is 13.9 Å². The van der Waals surface area contributed by atoms with Gasteiger partial charge in [-0.2, -0.15) is 5.10 Å². The molecule has 8 heteroatoms. The van der Waals surface area contributed by atoms with Crippen LogP contribution in [0.5, 0.6) is 0 Å². The number of hydrogen-bond acceptors (Lipinski definition) is 3. The van der Waals surface area contributed by atoms with Crippen LogP contribution < -0.4 is 10.6 Å². The first kappa shape index (κ1) is 23.0. The molecule has 0 aliphatic carbocycles. The highest BCUT2D eigenvalue weighted by Gasteiger charge is 2.21. The van der Waals surface area contributed by atoms with E-state index in [2.05, 4.69) is 15.7 Å². The predicted molar refractivity (Wildman–Crippen MR) is 123 cm³/mol. The molecular formula is C24H28FN5O2. The van der Waals surface area contributed by atoms with Crippen molar-refractivity contribution in [1.82, 2.24) is 20.0 Å². The van der Waals surface area contributed by atoms with Crippen molar-refractivity contribution in [2.75, 3.05) is 18.4 Å². The third-order valence-corrected chi connectivity index (χ3v) is 4.60. The van der Waals surface area contributed by atoms with Crippen molar-refractivity contribution in [1.29, 1.82) is 0 Å². The van der Waals surface area contributed by atoms with Crippen molar-refractivity contribution in [2.24, 2.45) is 0 Å². The second-order valence-corrected chi connectivity index (χ2v) is 8.41. The van der Waals surface area contributed by atoms with Crippen molar-refractivity contribution in [2.45, 2.75) is 33.2 Å². The lowest BCUT2D eigenvalue weighted by atomic mass is 10.1. The minimum absolute atomic E-state index is 0.117. The molecule has 0 saturated carbocycles. The molecule has 2 N–H and O–H groups in total. The second kappa shape index (κ2) is 9.64. The van der Waals surface area contributed by atoms with Gasteiger partial charge in [-0.05, 0) is 52.0 Å². The lowest BCUT2D eigenvalue weighted by Gasteiger charge is -2.27. The summed E-state index contributed by atoms with van der Waals surface area (Å²) < 4.78 is 15.0. The molecule has 3 amide bonds. The highest BCUT2D eigenvalue weighted by atomic mass is 19.1. The molecule has 0 unspecified atom stereocenters. The summed E-state index contributed by atoms with van der Waals surface area (Å²) >= 11 is 0. The molecule has 7 nitrogen and oxygen atoms in total. The maximum Gasteiger partial charge on any atom is 0.318 e. The Hall–Kier alpha value is -3.68. The summed E-state index contributed by atoms with van der Waals surface area (Å²) in [5.74, 6) is -0.301. The largest absolute Gasteiger partial charge is 0.333 e. The molecule has 0 fully saturated rings. The zero-order valence-corrected chi connectivity index (χ0v) is 18.7. The number of carbonyl (C=O) groups excluding carboxylic acids is 2. The number of carbonyl (C=O) groups is 2. The van der Waals surface area contributed by atoms with E-state index in [0.29, 0.717) is 23.7 Å². The van der Waals surface area contributed by atoms with Gasteiger partial charge in [0.15, 0.2) is 0 Å². The van der Waals surface area contributed by atoms with Crippen molar-refractivity contribution in [3.05, 3.63) is 66.5 Å². The molecule has 168 valence electrons. The average molecular weight is 438 g/mol. The first-order chi connectivity index (χ1) is 15.2. The van der Waals surface area contributed by atoms with E-state index >= 15 is 0 Å². The van der Waals surface area contributed by atoms with Crippen LogP contribution in [0.1, 0.15) is 27.7 Å². The smallest absolute Gasteiger partial charge is 0.318 e. The maximum atomic E-state index is 13.4. The number of nitrogens with one attached hydrogen (secondary N) is 2. The molecule has 32 heavy (non-hydrogen) atoms. The summed E-state index contributed by atoms with van der Waals surface area (Å²) in [4.78, 5) is 26.7. The van der Waals surface area contributed by atoms with Crippen molar-refractivity contribution >= 4 is 17.8 Å². The van der Waals surface area contributed by atoms with Crippen LogP contribution in [0.15, 0.2) is 60.7 Å². The van der Waals surface area contributed by atoms with E-state index in [9.17, 15) is 14.0 Å². The first-order valence-electron chi connectivity index (χ1n) is 10.4. The Labute approximate surface area is 187 Å². The van der Waals surface area contributed by atoms with Crippen LogP contribution in [0.3, 0.4) is 0 Å². The molecule has 0 bridgehead atoms. The molecule has 1 aromatic heterocycles. The van der Waals surface area contributed by atoms with E-state index in [-0.39, 0.29) is 24.3 Å².